The summed E-state index contributed by atoms with van der Waals surface area (Å²) in [7, 11) is 1.78. The fourth-order valence-corrected chi connectivity index (χ4v) is 3.72. The fourth-order valence-electron chi connectivity index (χ4n) is 3.72. The largest absolute Gasteiger partial charge is 0.491 e. The highest BCUT2D eigenvalue weighted by Crippen LogP contribution is 2.22. The maximum Gasteiger partial charge on any atom is 0.191 e. The molecule has 1 fully saturated rings. The molecule has 8 heteroatoms. The smallest absolute Gasteiger partial charge is 0.191 e. The van der Waals surface area contributed by atoms with Crippen molar-refractivity contribution >= 4 is 35.6 Å². The number of aryl methyl sites for hydroxylation is 1. The third-order valence-electron chi connectivity index (χ3n) is 5.43. The summed E-state index contributed by atoms with van der Waals surface area (Å²) in [4.78, 5) is 8.98. The van der Waals surface area contributed by atoms with Gasteiger partial charge in [-0.1, -0.05) is 18.2 Å². The molecule has 32 heavy (non-hydrogen) atoms. The number of benzene rings is 1. The number of imidazole rings is 1. The van der Waals surface area contributed by atoms with Crippen LogP contribution in [0.2, 0.25) is 0 Å². The molecule has 2 N–H and O–H groups in total. The molecular formula is C24H32IN5O2. The topological polar surface area (TPSA) is 72.2 Å². The van der Waals surface area contributed by atoms with Gasteiger partial charge in [-0.3, -0.25) is 4.99 Å². The Balaban J connectivity index is 0.00000289. The molecule has 7 nitrogen and oxygen atoms in total. The van der Waals surface area contributed by atoms with Crippen molar-refractivity contribution in [2.75, 3.05) is 26.8 Å². The quantitative estimate of drug-likeness (QED) is 0.255. The van der Waals surface area contributed by atoms with E-state index < -0.39 is 0 Å². The van der Waals surface area contributed by atoms with Crippen LogP contribution in [0.4, 0.5) is 0 Å². The van der Waals surface area contributed by atoms with Crippen molar-refractivity contribution in [3.8, 4) is 5.75 Å². The minimum atomic E-state index is 0. The summed E-state index contributed by atoms with van der Waals surface area (Å²) in [5.41, 5.74) is 4.31. The second kappa shape index (κ2) is 12.1. The number of hydrogen-bond donors (Lipinski definition) is 2. The summed E-state index contributed by atoms with van der Waals surface area (Å²) in [6.45, 7) is 4.90. The number of fused-ring (bicyclic) bond motifs is 1. The summed E-state index contributed by atoms with van der Waals surface area (Å²) in [6.07, 6.45) is 7.30. The van der Waals surface area contributed by atoms with E-state index in [-0.39, 0.29) is 30.1 Å². The van der Waals surface area contributed by atoms with Gasteiger partial charge in [-0.2, -0.15) is 0 Å². The fraction of sp³-hybridized carbons (Fsp3) is 0.417. The maximum absolute atomic E-state index is 6.10. The number of aliphatic imine (C=N–C) groups is 1. The van der Waals surface area contributed by atoms with E-state index in [1.165, 1.54) is 5.56 Å². The van der Waals surface area contributed by atoms with E-state index in [4.69, 9.17) is 9.47 Å². The number of halogens is 1. The van der Waals surface area contributed by atoms with Gasteiger partial charge in [-0.15, -0.1) is 24.0 Å². The Morgan fingerprint density at radius 2 is 2.19 bits per heavy atom. The molecule has 3 heterocycles. The number of rotatable bonds is 8. The Bertz CT molecular complexity index is 997. The molecule has 0 amide bonds. The third kappa shape index (κ3) is 6.59. The van der Waals surface area contributed by atoms with Crippen LogP contribution in [-0.2, 0) is 17.7 Å². The molecule has 0 spiro atoms. The normalized spacial score (nSPS) is 16.1. The summed E-state index contributed by atoms with van der Waals surface area (Å²) in [5.74, 6) is 1.66. The average Bonchev–Trinajstić information content (AvgIpc) is 3.45. The predicted molar refractivity (Wildman–Crippen MR) is 138 cm³/mol. The van der Waals surface area contributed by atoms with Gasteiger partial charge >= 0.3 is 0 Å². The lowest BCUT2D eigenvalue weighted by molar-refractivity contribution is 0.0676. The molecule has 1 saturated heterocycles. The highest BCUT2D eigenvalue weighted by molar-refractivity contribution is 14.0. The summed E-state index contributed by atoms with van der Waals surface area (Å²) in [6, 6.07) is 12.3. The van der Waals surface area contributed by atoms with Gasteiger partial charge in [0.05, 0.1) is 11.8 Å². The highest BCUT2D eigenvalue weighted by Gasteiger charge is 2.17. The molecule has 0 bridgehead atoms. The van der Waals surface area contributed by atoms with Crippen LogP contribution in [0.5, 0.6) is 5.75 Å². The molecule has 0 aliphatic carbocycles. The minimum Gasteiger partial charge on any atom is -0.491 e. The summed E-state index contributed by atoms with van der Waals surface area (Å²) >= 11 is 0. The van der Waals surface area contributed by atoms with E-state index in [1.54, 1.807) is 7.05 Å². The van der Waals surface area contributed by atoms with Gasteiger partial charge in [0.1, 0.15) is 18.0 Å². The first-order valence-electron chi connectivity index (χ1n) is 10.9. The number of hydrogen-bond acceptors (Lipinski definition) is 4. The average molecular weight is 549 g/mol. The second-order valence-electron chi connectivity index (χ2n) is 7.86. The van der Waals surface area contributed by atoms with Crippen molar-refractivity contribution in [1.82, 2.24) is 20.0 Å². The Morgan fingerprint density at radius 1 is 1.28 bits per heavy atom. The number of nitrogens with zero attached hydrogens (tertiary/aromatic N) is 3. The monoisotopic (exact) mass is 549 g/mol. The highest BCUT2D eigenvalue weighted by atomic mass is 127. The zero-order valence-electron chi connectivity index (χ0n) is 18.7. The van der Waals surface area contributed by atoms with E-state index in [0.717, 1.165) is 61.0 Å². The van der Waals surface area contributed by atoms with Gasteiger partial charge in [-0.25, -0.2) is 4.98 Å². The van der Waals surface area contributed by atoms with Gasteiger partial charge in [0.15, 0.2) is 5.96 Å². The first kappa shape index (κ1) is 24.3. The Labute approximate surface area is 206 Å². The van der Waals surface area contributed by atoms with Crippen LogP contribution in [0.3, 0.4) is 0 Å². The SMILES string of the molecule is CN=C(NCCc1cn2ccccc2n1)NCc1ccc(C)cc1OCC1CCCO1.I. The molecule has 172 valence electrons. The molecule has 1 unspecified atom stereocenters. The molecule has 1 aromatic carbocycles. The molecule has 1 aliphatic rings. The first-order valence-corrected chi connectivity index (χ1v) is 10.9. The van der Waals surface area contributed by atoms with Crippen LogP contribution in [-0.4, -0.2) is 48.3 Å². The lowest BCUT2D eigenvalue weighted by atomic mass is 10.1. The number of ether oxygens (including phenoxy) is 2. The van der Waals surface area contributed by atoms with Crippen molar-refractivity contribution in [3.05, 3.63) is 65.6 Å². The minimum absolute atomic E-state index is 0. The van der Waals surface area contributed by atoms with Gasteiger partial charge < -0.3 is 24.5 Å². The van der Waals surface area contributed by atoms with Gasteiger partial charge in [0, 0.05) is 51.1 Å². The van der Waals surface area contributed by atoms with E-state index in [0.29, 0.717) is 13.2 Å². The number of guanidine groups is 1. The van der Waals surface area contributed by atoms with Crippen molar-refractivity contribution in [1.29, 1.82) is 0 Å². The number of aromatic nitrogens is 2. The molecule has 1 aliphatic heterocycles. The Morgan fingerprint density at radius 3 is 2.97 bits per heavy atom. The van der Waals surface area contributed by atoms with E-state index in [1.807, 2.05) is 28.8 Å². The van der Waals surface area contributed by atoms with Crippen molar-refractivity contribution in [2.24, 2.45) is 4.99 Å². The van der Waals surface area contributed by atoms with Crippen molar-refractivity contribution in [2.45, 2.75) is 38.8 Å². The van der Waals surface area contributed by atoms with E-state index in [9.17, 15) is 0 Å². The van der Waals surface area contributed by atoms with Crippen LogP contribution >= 0.6 is 24.0 Å². The van der Waals surface area contributed by atoms with Crippen molar-refractivity contribution in [3.63, 3.8) is 0 Å². The molecule has 1 atom stereocenters. The molecule has 2 aromatic heterocycles. The van der Waals surface area contributed by atoms with Gasteiger partial charge in [0.25, 0.3) is 0 Å². The predicted octanol–water partition coefficient (Wildman–Crippen LogP) is 3.73. The molecule has 3 aromatic rings. The van der Waals surface area contributed by atoms with Crippen molar-refractivity contribution < 1.29 is 9.47 Å². The molecule has 4 rings (SSSR count). The summed E-state index contributed by atoms with van der Waals surface area (Å²) < 4.78 is 13.8. The van der Waals surface area contributed by atoms with Crippen LogP contribution in [0, 0.1) is 6.92 Å². The first-order chi connectivity index (χ1) is 15.2. The van der Waals surface area contributed by atoms with E-state index in [2.05, 4.69) is 51.9 Å². The van der Waals surface area contributed by atoms with Gasteiger partial charge in [0.2, 0.25) is 0 Å². The standard InChI is InChI=1S/C24H31N5O2.HI/c1-18-8-9-19(22(14-18)31-17-21-6-5-13-30-21)15-27-24(25-2)26-11-10-20-16-29-12-4-3-7-23(29)28-20;/h3-4,7-9,12,14,16,21H,5-6,10-11,13,15,17H2,1-2H3,(H2,25,26,27);1H. The van der Waals surface area contributed by atoms with E-state index >= 15 is 0 Å². The number of nitrogens with one attached hydrogen (secondary N) is 2. The van der Waals surface area contributed by atoms with Crippen LogP contribution < -0.4 is 15.4 Å². The molecule has 0 radical (unpaired) electrons. The molecule has 0 saturated carbocycles. The maximum atomic E-state index is 6.10. The molecular weight excluding hydrogens is 517 g/mol. The van der Waals surface area contributed by atoms with Crippen LogP contribution in [0.25, 0.3) is 5.65 Å². The van der Waals surface area contributed by atoms with Gasteiger partial charge in [-0.05, 0) is 43.5 Å². The van der Waals surface area contributed by atoms with Crippen LogP contribution in [0.15, 0.2) is 53.8 Å². The third-order valence-corrected chi connectivity index (χ3v) is 5.43. The zero-order valence-corrected chi connectivity index (χ0v) is 21.0. The Hall–Kier alpha value is -2.33. The van der Waals surface area contributed by atoms with Crippen LogP contribution in [0.1, 0.15) is 29.7 Å². The zero-order chi connectivity index (χ0) is 21.5. The lowest BCUT2D eigenvalue weighted by Crippen LogP contribution is -2.38. The Kier molecular flexibility index (Phi) is 9.16. The summed E-state index contributed by atoms with van der Waals surface area (Å²) in [5, 5.41) is 6.76. The number of pyridine rings is 1. The second-order valence-corrected chi connectivity index (χ2v) is 7.86. The lowest BCUT2D eigenvalue weighted by Gasteiger charge is -2.17.